The van der Waals surface area contributed by atoms with E-state index < -0.39 is 0 Å². The molecule has 24 heavy (non-hydrogen) atoms. The fourth-order valence-corrected chi connectivity index (χ4v) is 3.53. The van der Waals surface area contributed by atoms with E-state index in [1.165, 1.54) is 22.4 Å². The van der Waals surface area contributed by atoms with E-state index in [1.807, 2.05) is 12.3 Å². The molecule has 1 aliphatic rings. The summed E-state index contributed by atoms with van der Waals surface area (Å²) in [6, 6.07) is 19.3. The molecule has 0 unspecified atom stereocenters. The van der Waals surface area contributed by atoms with Crippen LogP contribution in [0.2, 0.25) is 0 Å². The number of hydrogen-bond donors (Lipinski definition) is 0. The van der Waals surface area contributed by atoms with Crippen molar-refractivity contribution in [1.29, 1.82) is 0 Å². The molecule has 1 aromatic heterocycles. The quantitative estimate of drug-likeness (QED) is 0.730. The van der Waals surface area contributed by atoms with Gasteiger partial charge in [0.1, 0.15) is 0 Å². The normalized spacial score (nSPS) is 14.5. The zero-order valence-corrected chi connectivity index (χ0v) is 14.2. The number of rotatable bonds is 4. The lowest BCUT2D eigenvalue weighted by Gasteiger charge is -2.27. The van der Waals surface area contributed by atoms with Gasteiger partial charge in [-0.05, 0) is 31.0 Å². The van der Waals surface area contributed by atoms with Crippen LogP contribution in [0.1, 0.15) is 22.4 Å². The van der Waals surface area contributed by atoms with E-state index >= 15 is 0 Å². The van der Waals surface area contributed by atoms with Gasteiger partial charge in [-0.15, -0.1) is 0 Å². The molecule has 0 atom stereocenters. The molecule has 0 bridgehead atoms. The molecule has 0 saturated carbocycles. The first-order chi connectivity index (χ1) is 11.8. The first-order valence-corrected chi connectivity index (χ1v) is 8.69. The summed E-state index contributed by atoms with van der Waals surface area (Å²) >= 11 is 0. The Hall–Kier alpha value is -2.39. The zero-order chi connectivity index (χ0) is 16.4. The molecule has 122 valence electrons. The molecule has 0 aliphatic carbocycles. The van der Waals surface area contributed by atoms with Crippen LogP contribution in [0, 0.1) is 6.92 Å². The molecule has 3 heteroatoms. The third-order valence-electron chi connectivity index (χ3n) is 4.81. The maximum Gasteiger partial charge on any atom is 0.0648 e. The maximum atomic E-state index is 4.62. The van der Waals surface area contributed by atoms with Gasteiger partial charge < -0.3 is 0 Å². The van der Waals surface area contributed by atoms with Gasteiger partial charge in [-0.3, -0.25) is 4.90 Å². The van der Waals surface area contributed by atoms with Gasteiger partial charge in [0.25, 0.3) is 0 Å². The summed E-state index contributed by atoms with van der Waals surface area (Å²) in [5.41, 5.74) is 6.67. The lowest BCUT2D eigenvalue weighted by molar-refractivity contribution is 0.255. The van der Waals surface area contributed by atoms with Crippen LogP contribution >= 0.6 is 0 Å². The molecular weight excluding hydrogens is 294 g/mol. The highest BCUT2D eigenvalue weighted by Crippen LogP contribution is 2.22. The van der Waals surface area contributed by atoms with Gasteiger partial charge >= 0.3 is 0 Å². The number of para-hydroxylation sites is 1. The second kappa shape index (κ2) is 6.62. The van der Waals surface area contributed by atoms with Crippen LogP contribution in [0.15, 0.2) is 60.8 Å². The van der Waals surface area contributed by atoms with Gasteiger partial charge in [0.15, 0.2) is 0 Å². The van der Waals surface area contributed by atoms with Crippen LogP contribution in [-0.4, -0.2) is 27.8 Å². The minimum Gasteiger partial charge on any atom is -0.298 e. The van der Waals surface area contributed by atoms with Gasteiger partial charge in [-0.1, -0.05) is 48.0 Å². The average molecular weight is 317 g/mol. The topological polar surface area (TPSA) is 21.1 Å². The fourth-order valence-electron chi connectivity index (χ4n) is 3.53. The second-order valence-corrected chi connectivity index (χ2v) is 6.63. The van der Waals surface area contributed by atoms with Gasteiger partial charge in [0, 0.05) is 37.3 Å². The molecule has 3 nitrogen and oxygen atoms in total. The number of fused-ring (bicyclic) bond motifs is 1. The van der Waals surface area contributed by atoms with Crippen LogP contribution in [0.4, 0.5) is 0 Å². The summed E-state index contributed by atoms with van der Waals surface area (Å²) in [7, 11) is 0. The number of aromatic nitrogens is 2. The van der Waals surface area contributed by atoms with Crippen LogP contribution in [0.3, 0.4) is 0 Å². The van der Waals surface area contributed by atoms with Gasteiger partial charge in [-0.2, -0.15) is 5.10 Å². The lowest BCUT2D eigenvalue weighted by Crippen LogP contribution is -2.32. The predicted molar refractivity (Wildman–Crippen MR) is 97.4 cm³/mol. The highest BCUT2D eigenvalue weighted by atomic mass is 15.3. The molecule has 4 rings (SSSR count). The molecule has 0 fully saturated rings. The van der Waals surface area contributed by atoms with Crippen molar-refractivity contribution >= 4 is 0 Å². The van der Waals surface area contributed by atoms with Crippen LogP contribution in [0.5, 0.6) is 0 Å². The summed E-state index contributed by atoms with van der Waals surface area (Å²) < 4.78 is 2.10. The Balaban J connectivity index is 1.44. The van der Waals surface area contributed by atoms with Crippen molar-refractivity contribution < 1.29 is 0 Å². The highest BCUT2D eigenvalue weighted by molar-refractivity contribution is 5.35. The monoisotopic (exact) mass is 317 g/mol. The summed E-state index contributed by atoms with van der Waals surface area (Å²) in [5, 5.41) is 4.62. The third-order valence-corrected chi connectivity index (χ3v) is 4.81. The van der Waals surface area contributed by atoms with E-state index in [0.717, 1.165) is 38.2 Å². The molecule has 3 aromatic rings. The summed E-state index contributed by atoms with van der Waals surface area (Å²) in [6.45, 7) is 5.39. The van der Waals surface area contributed by atoms with E-state index in [2.05, 4.69) is 70.1 Å². The molecule has 1 aliphatic heterocycles. The number of benzene rings is 2. The number of nitrogens with zero attached hydrogens (tertiary/aromatic N) is 3. The SMILES string of the molecule is Cc1cccc(CCN2CCc3c(cnn3-c3ccccc3)C2)c1. The Labute approximate surface area is 143 Å². The van der Waals surface area contributed by atoms with E-state index in [4.69, 9.17) is 0 Å². The zero-order valence-electron chi connectivity index (χ0n) is 14.2. The molecule has 2 aromatic carbocycles. The van der Waals surface area contributed by atoms with Crippen LogP contribution in [0.25, 0.3) is 5.69 Å². The Bertz CT molecular complexity index is 820. The van der Waals surface area contributed by atoms with Crippen molar-refractivity contribution in [3.63, 3.8) is 0 Å². The minimum atomic E-state index is 1.01. The van der Waals surface area contributed by atoms with Crippen molar-refractivity contribution in [2.75, 3.05) is 13.1 Å². The van der Waals surface area contributed by atoms with Crippen molar-refractivity contribution in [3.05, 3.63) is 83.2 Å². The summed E-state index contributed by atoms with van der Waals surface area (Å²) in [4.78, 5) is 2.54. The van der Waals surface area contributed by atoms with Gasteiger partial charge in [-0.25, -0.2) is 4.68 Å². The first kappa shape index (κ1) is 15.2. The molecule has 0 N–H and O–H groups in total. The number of aryl methyl sites for hydroxylation is 1. The van der Waals surface area contributed by atoms with Crippen molar-refractivity contribution in [2.45, 2.75) is 26.3 Å². The third kappa shape index (κ3) is 3.13. The molecule has 0 spiro atoms. The standard InChI is InChI=1S/C21H23N3/c1-17-6-5-7-18(14-17)10-12-23-13-11-21-19(16-23)15-22-24(21)20-8-3-2-4-9-20/h2-9,14-15H,10-13,16H2,1H3. The Kier molecular flexibility index (Phi) is 4.18. The van der Waals surface area contributed by atoms with Crippen LogP contribution < -0.4 is 0 Å². The smallest absolute Gasteiger partial charge is 0.0648 e. The van der Waals surface area contributed by atoms with Crippen molar-refractivity contribution in [3.8, 4) is 5.69 Å². The lowest BCUT2D eigenvalue weighted by atomic mass is 10.1. The highest BCUT2D eigenvalue weighted by Gasteiger charge is 2.20. The average Bonchev–Trinajstić information content (AvgIpc) is 3.04. The van der Waals surface area contributed by atoms with E-state index in [-0.39, 0.29) is 0 Å². The summed E-state index contributed by atoms with van der Waals surface area (Å²) in [5.74, 6) is 0. The predicted octanol–water partition coefficient (Wildman–Crippen LogP) is 3.78. The Morgan fingerprint density at radius 1 is 1.04 bits per heavy atom. The van der Waals surface area contributed by atoms with Crippen LogP contribution in [-0.2, 0) is 19.4 Å². The Morgan fingerprint density at radius 2 is 1.92 bits per heavy atom. The second-order valence-electron chi connectivity index (χ2n) is 6.63. The van der Waals surface area contributed by atoms with Crippen molar-refractivity contribution in [1.82, 2.24) is 14.7 Å². The van der Waals surface area contributed by atoms with Gasteiger partial charge in [0.2, 0.25) is 0 Å². The largest absolute Gasteiger partial charge is 0.298 e. The molecular formula is C21H23N3. The van der Waals surface area contributed by atoms with E-state index in [0.29, 0.717) is 0 Å². The molecule has 2 heterocycles. The fraction of sp³-hybridized carbons (Fsp3) is 0.286. The van der Waals surface area contributed by atoms with E-state index in [1.54, 1.807) is 0 Å². The summed E-state index contributed by atoms with van der Waals surface area (Å²) in [6.07, 6.45) is 4.23. The molecule has 0 saturated heterocycles. The van der Waals surface area contributed by atoms with E-state index in [9.17, 15) is 0 Å². The first-order valence-electron chi connectivity index (χ1n) is 8.69. The Morgan fingerprint density at radius 3 is 2.75 bits per heavy atom. The minimum absolute atomic E-state index is 1.01. The number of hydrogen-bond acceptors (Lipinski definition) is 2. The van der Waals surface area contributed by atoms with Gasteiger partial charge in [0.05, 0.1) is 11.9 Å². The molecule has 0 radical (unpaired) electrons. The molecule has 0 amide bonds. The van der Waals surface area contributed by atoms with Crippen molar-refractivity contribution in [2.24, 2.45) is 0 Å². The maximum absolute atomic E-state index is 4.62.